The van der Waals surface area contributed by atoms with Gasteiger partial charge in [0.1, 0.15) is 0 Å². The number of hydrogen-bond acceptors (Lipinski definition) is 2. The Morgan fingerprint density at radius 3 is 2.94 bits per heavy atom. The number of nitrogens with zero attached hydrogens (tertiary/aromatic N) is 1. The molecule has 0 saturated carbocycles. The van der Waals surface area contributed by atoms with E-state index in [1.54, 1.807) is 6.08 Å². The van der Waals surface area contributed by atoms with E-state index < -0.39 is 5.41 Å². The highest BCUT2D eigenvalue weighted by Gasteiger charge is 2.47. The van der Waals surface area contributed by atoms with Crippen LogP contribution in [0.3, 0.4) is 0 Å². The first-order valence-corrected chi connectivity index (χ1v) is 6.00. The first kappa shape index (κ1) is 11.9. The van der Waals surface area contributed by atoms with Crippen molar-refractivity contribution in [2.75, 3.05) is 0 Å². The Hall–Kier alpha value is -1.62. The van der Waals surface area contributed by atoms with Gasteiger partial charge in [-0.25, -0.2) is 0 Å². The zero-order chi connectivity index (χ0) is 12.6. The lowest BCUT2D eigenvalue weighted by Crippen LogP contribution is -2.38. The number of carbonyl (C=O) groups is 1. The Morgan fingerprint density at radius 2 is 2.35 bits per heavy atom. The van der Waals surface area contributed by atoms with Gasteiger partial charge in [0, 0.05) is 12.3 Å². The van der Waals surface area contributed by atoms with Gasteiger partial charge < -0.3 is 0 Å². The summed E-state index contributed by atoms with van der Waals surface area (Å²) in [6.07, 6.45) is 5.78. The Labute approximate surface area is 102 Å². The molecule has 0 aromatic carbocycles. The predicted octanol–water partition coefficient (Wildman–Crippen LogP) is 3.33. The van der Waals surface area contributed by atoms with E-state index in [9.17, 15) is 10.1 Å². The van der Waals surface area contributed by atoms with Crippen LogP contribution in [0, 0.1) is 22.7 Å². The Bertz CT molecular complexity index is 490. The fraction of sp³-hybridized carbons (Fsp3) is 0.467. The van der Waals surface area contributed by atoms with Crippen molar-refractivity contribution in [1.29, 1.82) is 5.26 Å². The van der Waals surface area contributed by atoms with Crippen LogP contribution >= 0.6 is 0 Å². The van der Waals surface area contributed by atoms with E-state index in [-0.39, 0.29) is 11.7 Å². The third-order valence-electron chi connectivity index (χ3n) is 4.03. The number of nitriles is 1. The standard InChI is InChI=1S/C15H17NO/c1-10(2)13-5-4-11(3)14-8-12(17)6-7-15(13,14)9-16/h4,8,13H,1,5-7H2,2-3H3. The average molecular weight is 227 g/mol. The SMILES string of the molecule is C=C(C)C1CC=C(C)C2=CC(=O)CCC21C#N. The molecule has 2 unspecified atom stereocenters. The van der Waals surface area contributed by atoms with Crippen LogP contribution in [0.5, 0.6) is 0 Å². The molecular weight excluding hydrogens is 210 g/mol. The second kappa shape index (κ2) is 4.00. The van der Waals surface area contributed by atoms with Crippen molar-refractivity contribution >= 4 is 5.78 Å². The summed E-state index contributed by atoms with van der Waals surface area (Å²) in [5.41, 5.74) is 2.53. The lowest BCUT2D eigenvalue weighted by Gasteiger charge is -2.42. The average Bonchev–Trinajstić information content (AvgIpc) is 2.30. The van der Waals surface area contributed by atoms with Crippen LogP contribution in [0.1, 0.15) is 33.1 Å². The summed E-state index contributed by atoms with van der Waals surface area (Å²) in [5.74, 6) is 0.288. The van der Waals surface area contributed by atoms with E-state index in [1.807, 2.05) is 13.8 Å². The summed E-state index contributed by atoms with van der Waals surface area (Å²) >= 11 is 0. The van der Waals surface area contributed by atoms with Crippen LogP contribution in [-0.2, 0) is 4.79 Å². The Morgan fingerprint density at radius 1 is 1.65 bits per heavy atom. The monoisotopic (exact) mass is 227 g/mol. The number of rotatable bonds is 1. The van der Waals surface area contributed by atoms with Crippen molar-refractivity contribution in [2.24, 2.45) is 11.3 Å². The van der Waals surface area contributed by atoms with Crippen molar-refractivity contribution in [3.63, 3.8) is 0 Å². The maximum atomic E-state index is 11.6. The van der Waals surface area contributed by atoms with Gasteiger partial charge in [-0.1, -0.05) is 23.8 Å². The molecule has 2 atom stereocenters. The van der Waals surface area contributed by atoms with Gasteiger partial charge in [-0.15, -0.1) is 0 Å². The molecule has 0 amide bonds. The fourth-order valence-corrected chi connectivity index (χ4v) is 3.07. The molecule has 0 aliphatic heterocycles. The smallest absolute Gasteiger partial charge is 0.156 e. The molecule has 2 nitrogen and oxygen atoms in total. The minimum absolute atomic E-state index is 0.140. The minimum Gasteiger partial charge on any atom is -0.295 e. The van der Waals surface area contributed by atoms with Crippen LogP contribution in [0.2, 0.25) is 0 Å². The van der Waals surface area contributed by atoms with Gasteiger partial charge in [-0.05, 0) is 38.3 Å². The summed E-state index contributed by atoms with van der Waals surface area (Å²) in [6.45, 7) is 7.98. The zero-order valence-electron chi connectivity index (χ0n) is 10.4. The Kier molecular flexibility index (Phi) is 2.79. The van der Waals surface area contributed by atoms with Gasteiger partial charge in [-0.2, -0.15) is 5.26 Å². The van der Waals surface area contributed by atoms with Crippen molar-refractivity contribution in [1.82, 2.24) is 0 Å². The van der Waals surface area contributed by atoms with Crippen LogP contribution in [0.4, 0.5) is 0 Å². The number of ketones is 1. The molecule has 0 aromatic rings. The summed E-state index contributed by atoms with van der Waals surface area (Å²) < 4.78 is 0. The molecule has 0 aromatic heterocycles. The van der Waals surface area contributed by atoms with E-state index in [0.29, 0.717) is 12.8 Å². The molecule has 0 fully saturated rings. The first-order chi connectivity index (χ1) is 8.01. The molecule has 17 heavy (non-hydrogen) atoms. The molecule has 0 saturated heterocycles. The molecule has 2 heteroatoms. The topological polar surface area (TPSA) is 40.9 Å². The highest BCUT2D eigenvalue weighted by molar-refractivity contribution is 5.93. The zero-order valence-corrected chi connectivity index (χ0v) is 10.4. The third kappa shape index (κ3) is 1.67. The molecule has 2 rings (SSSR count). The molecule has 0 N–H and O–H groups in total. The van der Waals surface area contributed by atoms with E-state index in [0.717, 1.165) is 23.1 Å². The second-order valence-corrected chi connectivity index (χ2v) is 5.13. The molecule has 88 valence electrons. The highest BCUT2D eigenvalue weighted by Crippen LogP contribution is 2.52. The number of allylic oxidation sites excluding steroid dienone is 5. The normalized spacial score (nSPS) is 32.1. The quantitative estimate of drug-likeness (QED) is 0.645. The first-order valence-electron chi connectivity index (χ1n) is 6.00. The molecule has 0 spiro atoms. The largest absolute Gasteiger partial charge is 0.295 e. The fourth-order valence-electron chi connectivity index (χ4n) is 3.07. The molecular formula is C15H17NO. The molecule has 2 aliphatic carbocycles. The summed E-state index contributed by atoms with van der Waals surface area (Å²) in [7, 11) is 0. The van der Waals surface area contributed by atoms with E-state index in [2.05, 4.69) is 18.7 Å². The van der Waals surface area contributed by atoms with Crippen LogP contribution in [0.15, 0.2) is 35.5 Å². The van der Waals surface area contributed by atoms with Crippen LogP contribution < -0.4 is 0 Å². The lowest BCUT2D eigenvalue weighted by molar-refractivity contribution is -0.115. The summed E-state index contributed by atoms with van der Waals surface area (Å²) in [5, 5.41) is 9.63. The van der Waals surface area contributed by atoms with Crippen molar-refractivity contribution < 1.29 is 4.79 Å². The minimum atomic E-state index is -0.515. The lowest BCUT2D eigenvalue weighted by atomic mass is 9.58. The van der Waals surface area contributed by atoms with Gasteiger partial charge in [0.2, 0.25) is 0 Å². The summed E-state index contributed by atoms with van der Waals surface area (Å²) in [6, 6.07) is 2.48. The highest BCUT2D eigenvalue weighted by atomic mass is 16.1. The van der Waals surface area contributed by atoms with Gasteiger partial charge >= 0.3 is 0 Å². The van der Waals surface area contributed by atoms with Crippen molar-refractivity contribution in [3.05, 3.63) is 35.5 Å². The van der Waals surface area contributed by atoms with E-state index >= 15 is 0 Å². The maximum absolute atomic E-state index is 11.6. The van der Waals surface area contributed by atoms with Crippen molar-refractivity contribution in [2.45, 2.75) is 33.1 Å². The Balaban J connectivity index is 2.61. The number of fused-ring (bicyclic) bond motifs is 1. The summed E-state index contributed by atoms with van der Waals surface area (Å²) in [4.78, 5) is 11.6. The van der Waals surface area contributed by atoms with Crippen LogP contribution in [-0.4, -0.2) is 5.78 Å². The molecule has 0 bridgehead atoms. The third-order valence-corrected chi connectivity index (χ3v) is 4.03. The number of hydrogen-bond donors (Lipinski definition) is 0. The van der Waals surface area contributed by atoms with Gasteiger partial charge in [-0.3, -0.25) is 4.79 Å². The molecule has 2 aliphatic rings. The molecule has 0 radical (unpaired) electrons. The van der Waals surface area contributed by atoms with Gasteiger partial charge in [0.05, 0.1) is 11.5 Å². The predicted molar refractivity (Wildman–Crippen MR) is 67.0 cm³/mol. The van der Waals surface area contributed by atoms with Crippen molar-refractivity contribution in [3.8, 4) is 6.07 Å². The maximum Gasteiger partial charge on any atom is 0.156 e. The van der Waals surface area contributed by atoms with E-state index in [4.69, 9.17) is 0 Å². The van der Waals surface area contributed by atoms with Crippen LogP contribution in [0.25, 0.3) is 0 Å². The second-order valence-electron chi connectivity index (χ2n) is 5.13. The van der Waals surface area contributed by atoms with Gasteiger partial charge in [0.15, 0.2) is 5.78 Å². The number of carbonyl (C=O) groups excluding carboxylic acids is 1. The molecule has 0 heterocycles. The van der Waals surface area contributed by atoms with E-state index in [1.165, 1.54) is 0 Å². The van der Waals surface area contributed by atoms with Gasteiger partial charge in [0.25, 0.3) is 0 Å².